The number of hydrogen-bond acceptors (Lipinski definition) is 5. The van der Waals surface area contributed by atoms with E-state index in [1.165, 1.54) is 9.58 Å². The molecule has 3 amide bonds. The van der Waals surface area contributed by atoms with E-state index in [1.54, 1.807) is 29.7 Å². The predicted molar refractivity (Wildman–Crippen MR) is 137 cm³/mol. The molecule has 35 heavy (non-hydrogen) atoms. The van der Waals surface area contributed by atoms with Crippen LogP contribution < -0.4 is 10.6 Å². The van der Waals surface area contributed by atoms with Crippen LogP contribution in [0.3, 0.4) is 0 Å². The van der Waals surface area contributed by atoms with Gasteiger partial charge in [0.1, 0.15) is 11.2 Å². The largest absolute Gasteiger partial charge is 0.351 e. The van der Waals surface area contributed by atoms with Crippen molar-refractivity contribution in [3.63, 3.8) is 0 Å². The number of rotatable bonds is 9. The van der Waals surface area contributed by atoms with Crippen molar-refractivity contribution in [2.45, 2.75) is 75.4 Å². The summed E-state index contributed by atoms with van der Waals surface area (Å²) in [5, 5.41) is 10.5. The minimum atomic E-state index is -1.05. The summed E-state index contributed by atoms with van der Waals surface area (Å²) in [6, 6.07) is 9.96. The average molecular weight is 498 g/mol. The van der Waals surface area contributed by atoms with Gasteiger partial charge >= 0.3 is 0 Å². The molecular formula is C26H35N5O3S. The lowest BCUT2D eigenvalue weighted by atomic mass is 9.94. The minimum Gasteiger partial charge on any atom is -0.351 e. The van der Waals surface area contributed by atoms with Crippen LogP contribution in [0.25, 0.3) is 0 Å². The lowest BCUT2D eigenvalue weighted by molar-refractivity contribution is -0.133. The molecule has 1 aromatic carbocycles. The van der Waals surface area contributed by atoms with Gasteiger partial charge in [-0.1, -0.05) is 31.9 Å². The molecule has 0 spiro atoms. The predicted octanol–water partition coefficient (Wildman–Crippen LogP) is 3.26. The molecule has 2 aromatic rings. The number of fused-ring (bicyclic) bond motifs is 1. The molecule has 1 aliphatic carbocycles. The van der Waals surface area contributed by atoms with Crippen LogP contribution in [-0.2, 0) is 17.8 Å². The van der Waals surface area contributed by atoms with Crippen LogP contribution in [0.15, 0.2) is 35.2 Å². The first-order chi connectivity index (χ1) is 16.9. The van der Waals surface area contributed by atoms with E-state index in [4.69, 9.17) is 0 Å². The summed E-state index contributed by atoms with van der Waals surface area (Å²) in [6.07, 6.45) is 7.66. The normalized spacial score (nSPS) is 20.1. The second-order valence-corrected chi connectivity index (χ2v) is 10.5. The summed E-state index contributed by atoms with van der Waals surface area (Å²) in [4.78, 5) is 42.4. The molecule has 1 atom stereocenters. The SMILES string of the molecule is CCCN1C(=O)c2cc(C(=O)NCCc3ccc(SC)cc3)nn2C[C@]1(C)C(=O)NC1CCCC1. The van der Waals surface area contributed by atoms with E-state index < -0.39 is 5.54 Å². The summed E-state index contributed by atoms with van der Waals surface area (Å²) in [5.41, 5.74) is 0.637. The Kier molecular flexibility index (Phi) is 7.84. The van der Waals surface area contributed by atoms with Crippen molar-refractivity contribution in [3.05, 3.63) is 47.3 Å². The number of carbonyl (C=O) groups excluding carboxylic acids is 3. The van der Waals surface area contributed by atoms with Crippen molar-refractivity contribution in [3.8, 4) is 0 Å². The Morgan fingerprint density at radius 2 is 1.91 bits per heavy atom. The van der Waals surface area contributed by atoms with Crippen LogP contribution in [0.4, 0.5) is 0 Å². The van der Waals surface area contributed by atoms with Gasteiger partial charge in [0.05, 0.1) is 6.54 Å². The molecule has 0 radical (unpaired) electrons. The zero-order chi connectivity index (χ0) is 25.0. The zero-order valence-corrected chi connectivity index (χ0v) is 21.6. The summed E-state index contributed by atoms with van der Waals surface area (Å²) in [5.74, 6) is -0.729. The average Bonchev–Trinajstić information content (AvgIpc) is 3.52. The Labute approximate surface area is 211 Å². The number of thioether (sulfide) groups is 1. The topological polar surface area (TPSA) is 96.3 Å². The lowest BCUT2D eigenvalue weighted by Crippen LogP contribution is -2.65. The fourth-order valence-electron chi connectivity index (χ4n) is 4.94. The van der Waals surface area contributed by atoms with Gasteiger partial charge in [-0.3, -0.25) is 19.1 Å². The smallest absolute Gasteiger partial charge is 0.273 e. The van der Waals surface area contributed by atoms with Gasteiger partial charge in [-0.05, 0) is 56.6 Å². The van der Waals surface area contributed by atoms with Crippen molar-refractivity contribution in [1.29, 1.82) is 0 Å². The van der Waals surface area contributed by atoms with Crippen LogP contribution in [0.2, 0.25) is 0 Å². The Morgan fingerprint density at radius 1 is 1.20 bits per heavy atom. The molecule has 188 valence electrons. The second-order valence-electron chi connectivity index (χ2n) is 9.61. The summed E-state index contributed by atoms with van der Waals surface area (Å²) in [7, 11) is 0. The van der Waals surface area contributed by atoms with Crippen LogP contribution in [0.5, 0.6) is 0 Å². The molecule has 0 saturated heterocycles. The quantitative estimate of drug-likeness (QED) is 0.519. The summed E-state index contributed by atoms with van der Waals surface area (Å²) < 4.78 is 1.53. The first kappa shape index (κ1) is 25.3. The van der Waals surface area contributed by atoms with Crippen LogP contribution in [-0.4, -0.2) is 63.3 Å². The fraction of sp³-hybridized carbons (Fsp3) is 0.538. The summed E-state index contributed by atoms with van der Waals surface area (Å²) >= 11 is 1.69. The molecule has 0 unspecified atom stereocenters. The van der Waals surface area contributed by atoms with Crippen LogP contribution >= 0.6 is 11.8 Å². The highest BCUT2D eigenvalue weighted by Crippen LogP contribution is 2.29. The minimum absolute atomic E-state index is 0.147. The third-order valence-electron chi connectivity index (χ3n) is 7.02. The fourth-order valence-corrected chi connectivity index (χ4v) is 5.35. The zero-order valence-electron chi connectivity index (χ0n) is 20.8. The molecule has 1 aromatic heterocycles. The van der Waals surface area contributed by atoms with Crippen LogP contribution in [0.1, 0.15) is 72.5 Å². The Bertz CT molecular complexity index is 1080. The molecular weight excluding hydrogens is 462 g/mol. The van der Waals surface area contributed by atoms with Gasteiger partial charge in [0, 0.05) is 30.1 Å². The van der Waals surface area contributed by atoms with E-state index in [1.807, 2.05) is 13.2 Å². The van der Waals surface area contributed by atoms with Crippen molar-refractivity contribution < 1.29 is 14.4 Å². The highest BCUT2D eigenvalue weighted by molar-refractivity contribution is 7.98. The van der Waals surface area contributed by atoms with Gasteiger partial charge in [0.15, 0.2) is 5.69 Å². The van der Waals surface area contributed by atoms with Gasteiger partial charge in [0.25, 0.3) is 11.8 Å². The Morgan fingerprint density at radius 3 is 2.57 bits per heavy atom. The van der Waals surface area contributed by atoms with Crippen LogP contribution in [0, 0.1) is 0 Å². The maximum Gasteiger partial charge on any atom is 0.273 e. The van der Waals surface area contributed by atoms with Crippen molar-refractivity contribution in [1.82, 2.24) is 25.3 Å². The first-order valence-corrected chi connectivity index (χ1v) is 13.7. The number of benzene rings is 1. The van der Waals surface area contributed by atoms with Crippen molar-refractivity contribution in [2.24, 2.45) is 0 Å². The van der Waals surface area contributed by atoms with Gasteiger partial charge in [0.2, 0.25) is 5.91 Å². The maximum absolute atomic E-state index is 13.4. The number of carbonyl (C=O) groups is 3. The van der Waals surface area contributed by atoms with E-state index in [0.29, 0.717) is 25.2 Å². The number of aromatic nitrogens is 2. The van der Waals surface area contributed by atoms with Gasteiger partial charge in [-0.2, -0.15) is 5.10 Å². The molecule has 0 bridgehead atoms. The first-order valence-electron chi connectivity index (χ1n) is 12.5. The molecule has 1 aliphatic heterocycles. The van der Waals surface area contributed by atoms with E-state index in [2.05, 4.69) is 40.0 Å². The monoisotopic (exact) mass is 497 g/mol. The van der Waals surface area contributed by atoms with E-state index in [-0.39, 0.29) is 36.0 Å². The molecule has 1 saturated carbocycles. The maximum atomic E-state index is 13.4. The van der Waals surface area contributed by atoms with Gasteiger partial charge in [-0.15, -0.1) is 11.8 Å². The number of nitrogens with one attached hydrogen (secondary N) is 2. The van der Waals surface area contributed by atoms with E-state index in [0.717, 1.165) is 37.7 Å². The highest BCUT2D eigenvalue weighted by Gasteiger charge is 2.48. The van der Waals surface area contributed by atoms with E-state index in [9.17, 15) is 14.4 Å². The number of amides is 3. The standard InChI is InChI=1S/C26H35N5O3S/c1-4-15-30-24(33)22-16-21(23(32)27-14-13-18-9-11-20(35-3)12-10-18)29-31(22)17-26(30,2)25(34)28-19-7-5-6-8-19/h9-12,16,19H,4-8,13-15,17H2,1-3H3,(H,27,32)(H,28,34)/t26-/m1/s1. The second kappa shape index (κ2) is 10.8. The Balaban J connectivity index is 1.45. The summed E-state index contributed by atoms with van der Waals surface area (Å²) in [6.45, 7) is 4.95. The molecule has 8 nitrogen and oxygen atoms in total. The van der Waals surface area contributed by atoms with Gasteiger partial charge < -0.3 is 15.5 Å². The lowest BCUT2D eigenvalue weighted by Gasteiger charge is -2.43. The molecule has 2 heterocycles. The highest BCUT2D eigenvalue weighted by atomic mass is 32.2. The van der Waals surface area contributed by atoms with Gasteiger partial charge in [-0.25, -0.2) is 0 Å². The molecule has 9 heteroatoms. The van der Waals surface area contributed by atoms with E-state index >= 15 is 0 Å². The third kappa shape index (κ3) is 5.39. The molecule has 1 fully saturated rings. The number of nitrogens with zero attached hydrogens (tertiary/aromatic N) is 3. The Hall–Kier alpha value is -2.81. The molecule has 2 aliphatic rings. The van der Waals surface area contributed by atoms with Crippen molar-refractivity contribution in [2.75, 3.05) is 19.3 Å². The van der Waals surface area contributed by atoms with Crippen molar-refractivity contribution >= 4 is 29.5 Å². The third-order valence-corrected chi connectivity index (χ3v) is 7.76. The number of hydrogen-bond donors (Lipinski definition) is 2. The molecule has 4 rings (SSSR count). The molecule has 2 N–H and O–H groups in total.